The van der Waals surface area contributed by atoms with Crippen molar-refractivity contribution in [2.45, 2.75) is 63.1 Å². The molecule has 0 spiro atoms. The summed E-state index contributed by atoms with van der Waals surface area (Å²) < 4.78 is 27.3. The fourth-order valence-electron chi connectivity index (χ4n) is 3.65. The predicted octanol–water partition coefficient (Wildman–Crippen LogP) is 2.73. The van der Waals surface area contributed by atoms with E-state index >= 15 is 0 Å². The zero-order valence-electron chi connectivity index (χ0n) is 18.7. The third-order valence-corrected chi connectivity index (χ3v) is 7.22. The molecule has 1 aliphatic carbocycles. The lowest BCUT2D eigenvalue weighted by molar-refractivity contribution is -0.133. The zero-order valence-corrected chi connectivity index (χ0v) is 19.6. The van der Waals surface area contributed by atoms with Gasteiger partial charge in [-0.05, 0) is 62.9 Å². The first kappa shape index (κ1) is 23.1. The Bertz CT molecular complexity index is 1310. The van der Waals surface area contributed by atoms with E-state index < -0.39 is 10.0 Å². The molecule has 1 saturated carbocycles. The van der Waals surface area contributed by atoms with E-state index in [1.54, 1.807) is 47.4 Å². The van der Waals surface area contributed by atoms with Gasteiger partial charge in [-0.25, -0.2) is 18.1 Å². The number of rotatable bonds is 9. The number of hydrogen-bond donors (Lipinski definition) is 2. The molecule has 33 heavy (non-hydrogen) atoms. The fraction of sp³-hybridized carbons (Fsp3) is 0.375. The molecule has 0 atom stereocenters. The topological polar surface area (TPSA) is 112 Å². The van der Waals surface area contributed by atoms with Crippen molar-refractivity contribution in [3.63, 3.8) is 0 Å². The number of para-hydroxylation sites is 1. The van der Waals surface area contributed by atoms with Gasteiger partial charge in [-0.1, -0.05) is 24.3 Å². The summed E-state index contributed by atoms with van der Waals surface area (Å²) in [6.07, 6.45) is 2.52. The van der Waals surface area contributed by atoms with E-state index in [9.17, 15) is 18.0 Å². The van der Waals surface area contributed by atoms with Gasteiger partial charge in [0.15, 0.2) is 0 Å². The van der Waals surface area contributed by atoms with E-state index in [0.29, 0.717) is 23.1 Å². The number of H-pyrrole nitrogens is 1. The number of benzene rings is 2. The number of fused-ring (bicyclic) bond motifs is 1. The summed E-state index contributed by atoms with van der Waals surface area (Å²) in [5, 5.41) is 0.515. The summed E-state index contributed by atoms with van der Waals surface area (Å²) in [6, 6.07) is 13.7. The number of aromatic amines is 1. The van der Waals surface area contributed by atoms with Crippen molar-refractivity contribution in [2.75, 3.05) is 0 Å². The second kappa shape index (κ2) is 9.44. The van der Waals surface area contributed by atoms with E-state index in [2.05, 4.69) is 14.7 Å². The molecule has 0 bridgehead atoms. The normalized spacial score (nSPS) is 14.0. The number of sulfonamides is 1. The van der Waals surface area contributed by atoms with Crippen molar-refractivity contribution < 1.29 is 13.2 Å². The Morgan fingerprint density at radius 2 is 1.85 bits per heavy atom. The van der Waals surface area contributed by atoms with Crippen molar-refractivity contribution in [1.82, 2.24) is 19.6 Å². The van der Waals surface area contributed by atoms with E-state index in [4.69, 9.17) is 0 Å². The lowest BCUT2D eigenvalue weighted by Crippen LogP contribution is -2.37. The van der Waals surface area contributed by atoms with Crippen LogP contribution in [-0.4, -0.2) is 41.3 Å². The molecule has 174 valence electrons. The Labute approximate surface area is 193 Å². The average molecular weight is 469 g/mol. The molecule has 0 saturated heterocycles. The van der Waals surface area contributed by atoms with E-state index in [-0.39, 0.29) is 41.4 Å². The van der Waals surface area contributed by atoms with Gasteiger partial charge >= 0.3 is 0 Å². The van der Waals surface area contributed by atoms with Gasteiger partial charge in [-0.15, -0.1) is 0 Å². The minimum Gasteiger partial charge on any atom is -0.333 e. The largest absolute Gasteiger partial charge is 0.333 e. The van der Waals surface area contributed by atoms with Crippen molar-refractivity contribution in [3.8, 4) is 0 Å². The SMILES string of the molecule is CC(C)N(Cc1nc2ccccc2c(=O)[nH]1)C(=O)CCc1ccc(S(=O)(=O)NC2CC2)cc1. The molecule has 0 aliphatic heterocycles. The summed E-state index contributed by atoms with van der Waals surface area (Å²) in [5.74, 6) is 0.381. The second-order valence-electron chi connectivity index (χ2n) is 8.68. The highest BCUT2D eigenvalue weighted by Gasteiger charge is 2.28. The summed E-state index contributed by atoms with van der Waals surface area (Å²) in [7, 11) is -3.48. The Morgan fingerprint density at radius 3 is 2.52 bits per heavy atom. The first-order chi connectivity index (χ1) is 15.7. The maximum Gasteiger partial charge on any atom is 0.258 e. The van der Waals surface area contributed by atoms with Crippen molar-refractivity contribution in [3.05, 3.63) is 70.3 Å². The van der Waals surface area contributed by atoms with Crippen LogP contribution < -0.4 is 10.3 Å². The van der Waals surface area contributed by atoms with Crippen LogP contribution in [0.2, 0.25) is 0 Å². The molecule has 1 aromatic heterocycles. The van der Waals surface area contributed by atoms with Crippen LogP contribution in [0.15, 0.2) is 58.2 Å². The quantitative estimate of drug-likeness (QED) is 0.501. The van der Waals surface area contributed by atoms with Crippen LogP contribution in [-0.2, 0) is 27.8 Å². The molecule has 4 rings (SSSR count). The summed E-state index contributed by atoms with van der Waals surface area (Å²) in [6.45, 7) is 4.05. The van der Waals surface area contributed by atoms with Crippen LogP contribution in [0.3, 0.4) is 0 Å². The van der Waals surface area contributed by atoms with E-state index in [1.807, 2.05) is 19.9 Å². The number of hydrogen-bond acceptors (Lipinski definition) is 5. The monoisotopic (exact) mass is 468 g/mol. The number of carbonyl (C=O) groups excluding carboxylic acids is 1. The van der Waals surface area contributed by atoms with Gasteiger partial charge in [0.05, 0.1) is 22.3 Å². The maximum absolute atomic E-state index is 13.0. The summed E-state index contributed by atoms with van der Waals surface area (Å²) in [4.78, 5) is 34.5. The first-order valence-electron chi connectivity index (χ1n) is 11.1. The van der Waals surface area contributed by atoms with E-state index in [1.165, 1.54) is 0 Å². The Kier molecular flexibility index (Phi) is 6.62. The molecular formula is C24H28N4O4S. The summed E-state index contributed by atoms with van der Waals surface area (Å²) in [5.41, 5.74) is 1.26. The number of nitrogens with zero attached hydrogens (tertiary/aromatic N) is 2. The second-order valence-corrected chi connectivity index (χ2v) is 10.4. The van der Waals surface area contributed by atoms with Gasteiger partial charge in [0.25, 0.3) is 5.56 Å². The standard InChI is InChI=1S/C24H28N4O4S/c1-16(2)28(15-22-25-21-6-4-3-5-20(21)24(30)26-22)23(29)14-9-17-7-12-19(13-8-17)33(31,32)27-18-10-11-18/h3-8,12-13,16,18,27H,9-11,14-15H2,1-2H3,(H,25,26,30). The molecule has 1 aliphatic rings. The molecule has 2 aromatic carbocycles. The Balaban J connectivity index is 1.41. The molecule has 0 radical (unpaired) electrons. The molecule has 2 N–H and O–H groups in total. The van der Waals surface area contributed by atoms with Crippen molar-refractivity contribution >= 4 is 26.8 Å². The minimum atomic E-state index is -3.48. The van der Waals surface area contributed by atoms with Gasteiger partial charge in [0.1, 0.15) is 5.82 Å². The average Bonchev–Trinajstić information content (AvgIpc) is 3.59. The van der Waals surface area contributed by atoms with Gasteiger partial charge in [0, 0.05) is 18.5 Å². The smallest absolute Gasteiger partial charge is 0.258 e. The van der Waals surface area contributed by atoms with Crippen LogP contribution in [0, 0.1) is 0 Å². The predicted molar refractivity (Wildman–Crippen MR) is 126 cm³/mol. The highest BCUT2D eigenvalue weighted by atomic mass is 32.2. The molecule has 3 aromatic rings. The molecule has 8 nitrogen and oxygen atoms in total. The Morgan fingerprint density at radius 1 is 1.15 bits per heavy atom. The van der Waals surface area contributed by atoms with Crippen LogP contribution in [0.1, 0.15) is 44.5 Å². The number of amides is 1. The van der Waals surface area contributed by atoms with Crippen LogP contribution >= 0.6 is 0 Å². The number of aromatic nitrogens is 2. The van der Waals surface area contributed by atoms with Crippen LogP contribution in [0.4, 0.5) is 0 Å². The minimum absolute atomic E-state index is 0.0568. The van der Waals surface area contributed by atoms with Gasteiger partial charge in [0.2, 0.25) is 15.9 Å². The highest BCUT2D eigenvalue weighted by Crippen LogP contribution is 2.22. The molecule has 0 unspecified atom stereocenters. The van der Waals surface area contributed by atoms with Crippen LogP contribution in [0.5, 0.6) is 0 Å². The van der Waals surface area contributed by atoms with Crippen LogP contribution in [0.25, 0.3) is 10.9 Å². The van der Waals surface area contributed by atoms with Gasteiger partial charge in [-0.3, -0.25) is 9.59 Å². The molecule has 1 heterocycles. The first-order valence-corrected chi connectivity index (χ1v) is 12.6. The summed E-state index contributed by atoms with van der Waals surface area (Å²) >= 11 is 0. The van der Waals surface area contributed by atoms with Gasteiger partial charge in [-0.2, -0.15) is 0 Å². The number of aryl methyl sites for hydroxylation is 1. The lowest BCUT2D eigenvalue weighted by Gasteiger charge is -2.26. The third kappa shape index (κ3) is 5.66. The van der Waals surface area contributed by atoms with Crippen molar-refractivity contribution in [2.24, 2.45) is 0 Å². The molecular weight excluding hydrogens is 440 g/mol. The number of nitrogens with one attached hydrogen (secondary N) is 2. The Hall–Kier alpha value is -3.04. The molecule has 9 heteroatoms. The third-order valence-electron chi connectivity index (χ3n) is 5.69. The van der Waals surface area contributed by atoms with E-state index in [0.717, 1.165) is 18.4 Å². The number of carbonyl (C=O) groups is 1. The molecule has 1 fully saturated rings. The fourth-order valence-corrected chi connectivity index (χ4v) is 4.95. The lowest BCUT2D eigenvalue weighted by atomic mass is 10.1. The van der Waals surface area contributed by atoms with Gasteiger partial charge < -0.3 is 9.88 Å². The van der Waals surface area contributed by atoms with Crippen molar-refractivity contribution in [1.29, 1.82) is 0 Å². The zero-order chi connectivity index (χ0) is 23.6. The molecule has 1 amide bonds. The maximum atomic E-state index is 13.0. The highest BCUT2D eigenvalue weighted by molar-refractivity contribution is 7.89.